The molecule has 6 nitrogen and oxygen atoms in total. The Bertz CT molecular complexity index is 1330. The second-order valence-electron chi connectivity index (χ2n) is 8.86. The van der Waals surface area contributed by atoms with Crippen molar-refractivity contribution in [2.75, 3.05) is 13.7 Å². The van der Waals surface area contributed by atoms with Crippen LogP contribution in [0.1, 0.15) is 53.2 Å². The fourth-order valence-electron chi connectivity index (χ4n) is 4.51. The molecule has 35 heavy (non-hydrogen) atoms. The van der Waals surface area contributed by atoms with Crippen LogP contribution in [-0.2, 0) is 11.2 Å². The minimum atomic E-state index is -0.319. The van der Waals surface area contributed by atoms with E-state index >= 15 is 0 Å². The van der Waals surface area contributed by atoms with E-state index in [0.29, 0.717) is 35.2 Å². The molecule has 0 fully saturated rings. The summed E-state index contributed by atoms with van der Waals surface area (Å²) in [4.78, 5) is 25.3. The zero-order valence-electron chi connectivity index (χ0n) is 19.9. The van der Waals surface area contributed by atoms with Crippen molar-refractivity contribution in [3.05, 3.63) is 94.2 Å². The molecule has 2 aliphatic heterocycles. The normalized spacial score (nSPS) is 16.2. The molecule has 0 saturated heterocycles. The van der Waals surface area contributed by atoms with Gasteiger partial charge in [-0.1, -0.05) is 24.3 Å². The highest BCUT2D eigenvalue weighted by Crippen LogP contribution is 2.49. The first-order valence-electron chi connectivity index (χ1n) is 11.6. The van der Waals surface area contributed by atoms with Crippen molar-refractivity contribution < 1.29 is 28.5 Å². The van der Waals surface area contributed by atoms with Gasteiger partial charge in [-0.05, 0) is 66.9 Å². The highest BCUT2D eigenvalue weighted by molar-refractivity contribution is 6.13. The Morgan fingerprint density at radius 1 is 0.971 bits per heavy atom. The fraction of sp³-hybridized carbons (Fsp3) is 0.241. The van der Waals surface area contributed by atoms with Gasteiger partial charge in [0.05, 0.1) is 25.7 Å². The molecule has 0 bridgehead atoms. The summed E-state index contributed by atoms with van der Waals surface area (Å²) in [5, 5.41) is 0. The van der Waals surface area contributed by atoms with Crippen LogP contribution in [0.15, 0.2) is 72.0 Å². The molecule has 5 rings (SSSR count). The van der Waals surface area contributed by atoms with Gasteiger partial charge >= 0.3 is 5.97 Å². The number of carbonyl (C=O) groups is 2. The Hall–Kier alpha value is -4.06. The van der Waals surface area contributed by atoms with Crippen molar-refractivity contribution in [1.82, 2.24) is 0 Å². The van der Waals surface area contributed by atoms with Crippen LogP contribution in [0.4, 0.5) is 0 Å². The van der Waals surface area contributed by atoms with Gasteiger partial charge in [0.1, 0.15) is 23.0 Å². The lowest BCUT2D eigenvalue weighted by molar-refractivity contribution is -0.135. The number of carbonyl (C=O) groups excluding carboxylic acids is 2. The number of rotatable bonds is 6. The second kappa shape index (κ2) is 9.29. The number of hydrogen-bond donors (Lipinski definition) is 0. The third-order valence-corrected chi connectivity index (χ3v) is 6.29. The standard InChI is InChI=1S/C29H26O6/c1-17(2)28-27(31)22-11-12-24-26(29(22)35-28)23(16-25(30)34-24)19-5-4-6-21(15-19)33-14-13-18-7-9-20(32-3)10-8-18/h4-12,15,23H,13-14,16H2,1-3H3. The van der Waals surface area contributed by atoms with E-state index in [9.17, 15) is 9.59 Å². The van der Waals surface area contributed by atoms with Gasteiger partial charge in [-0.25, -0.2) is 0 Å². The Labute approximate surface area is 204 Å². The van der Waals surface area contributed by atoms with Crippen molar-refractivity contribution in [3.8, 4) is 23.0 Å². The number of hydrogen-bond acceptors (Lipinski definition) is 6. The number of ketones is 1. The zero-order valence-corrected chi connectivity index (χ0v) is 19.9. The van der Waals surface area contributed by atoms with E-state index < -0.39 is 0 Å². The minimum absolute atomic E-state index is 0.144. The highest BCUT2D eigenvalue weighted by atomic mass is 16.5. The van der Waals surface area contributed by atoms with Crippen LogP contribution < -0.4 is 18.9 Å². The van der Waals surface area contributed by atoms with E-state index in [1.54, 1.807) is 19.2 Å². The molecule has 2 aliphatic rings. The summed E-state index contributed by atoms with van der Waals surface area (Å²) >= 11 is 0. The van der Waals surface area contributed by atoms with E-state index in [2.05, 4.69) is 0 Å². The first-order valence-corrected chi connectivity index (χ1v) is 11.6. The average Bonchev–Trinajstić information content (AvgIpc) is 3.21. The Morgan fingerprint density at radius 3 is 2.51 bits per heavy atom. The highest BCUT2D eigenvalue weighted by Gasteiger charge is 2.38. The minimum Gasteiger partial charge on any atom is -0.497 e. The van der Waals surface area contributed by atoms with Gasteiger partial charge in [0, 0.05) is 17.9 Å². The van der Waals surface area contributed by atoms with Crippen molar-refractivity contribution in [3.63, 3.8) is 0 Å². The summed E-state index contributed by atoms with van der Waals surface area (Å²) in [6, 6.07) is 19.0. The van der Waals surface area contributed by atoms with Gasteiger partial charge in [0.15, 0.2) is 5.76 Å². The fourth-order valence-corrected chi connectivity index (χ4v) is 4.51. The molecule has 1 unspecified atom stereocenters. The van der Waals surface area contributed by atoms with Crippen LogP contribution in [0.25, 0.3) is 0 Å². The summed E-state index contributed by atoms with van der Waals surface area (Å²) < 4.78 is 22.8. The van der Waals surface area contributed by atoms with E-state index in [0.717, 1.165) is 34.4 Å². The van der Waals surface area contributed by atoms with Gasteiger partial charge in [-0.15, -0.1) is 0 Å². The lowest BCUT2D eigenvalue weighted by atomic mass is 9.84. The molecular weight excluding hydrogens is 444 g/mol. The molecule has 178 valence electrons. The monoisotopic (exact) mass is 470 g/mol. The van der Waals surface area contributed by atoms with Crippen molar-refractivity contribution >= 4 is 11.8 Å². The van der Waals surface area contributed by atoms with Crippen molar-refractivity contribution in [2.24, 2.45) is 0 Å². The molecule has 6 heteroatoms. The predicted octanol–water partition coefficient (Wildman–Crippen LogP) is 5.63. The first kappa shape index (κ1) is 22.7. The lowest BCUT2D eigenvalue weighted by Gasteiger charge is -2.26. The Morgan fingerprint density at radius 2 is 1.77 bits per heavy atom. The molecule has 0 spiro atoms. The molecule has 0 aliphatic carbocycles. The first-order chi connectivity index (χ1) is 16.9. The molecule has 3 aromatic carbocycles. The van der Waals surface area contributed by atoms with Gasteiger partial charge in [0.2, 0.25) is 5.78 Å². The number of Topliss-reactive ketones (excluding diaryl/α,β-unsaturated/α-hetero) is 1. The maximum absolute atomic E-state index is 12.8. The third kappa shape index (κ3) is 4.39. The molecule has 0 amide bonds. The molecule has 0 saturated carbocycles. The largest absolute Gasteiger partial charge is 0.497 e. The number of allylic oxidation sites excluding steroid dienone is 2. The van der Waals surface area contributed by atoms with E-state index in [4.69, 9.17) is 18.9 Å². The van der Waals surface area contributed by atoms with Crippen LogP contribution >= 0.6 is 0 Å². The smallest absolute Gasteiger partial charge is 0.312 e. The maximum Gasteiger partial charge on any atom is 0.312 e. The molecule has 0 aromatic heterocycles. The number of benzene rings is 3. The molecule has 3 aromatic rings. The molecule has 2 heterocycles. The summed E-state index contributed by atoms with van der Waals surface area (Å²) in [5.74, 6) is 2.00. The van der Waals surface area contributed by atoms with Crippen molar-refractivity contribution in [1.29, 1.82) is 0 Å². The summed E-state index contributed by atoms with van der Waals surface area (Å²) in [5.41, 5.74) is 4.08. The van der Waals surface area contributed by atoms with Crippen molar-refractivity contribution in [2.45, 2.75) is 32.6 Å². The quantitative estimate of drug-likeness (QED) is 0.264. The topological polar surface area (TPSA) is 71.1 Å². The molecule has 0 radical (unpaired) electrons. The summed E-state index contributed by atoms with van der Waals surface area (Å²) in [6.07, 6.45) is 0.905. The zero-order chi connectivity index (χ0) is 24.5. The molecular formula is C29H26O6. The number of fused-ring (bicyclic) bond motifs is 3. The van der Waals surface area contributed by atoms with E-state index in [-0.39, 0.29) is 24.1 Å². The molecule has 0 N–H and O–H groups in total. The van der Waals surface area contributed by atoms with Crippen LogP contribution in [-0.4, -0.2) is 25.5 Å². The second-order valence-corrected chi connectivity index (χ2v) is 8.86. The third-order valence-electron chi connectivity index (χ3n) is 6.29. The molecule has 1 atom stereocenters. The van der Waals surface area contributed by atoms with Crippen LogP contribution in [0, 0.1) is 0 Å². The van der Waals surface area contributed by atoms with E-state index in [1.807, 2.05) is 62.4 Å². The maximum atomic E-state index is 12.8. The van der Waals surface area contributed by atoms with Gasteiger partial charge in [0.25, 0.3) is 0 Å². The number of ether oxygens (including phenoxy) is 4. The van der Waals surface area contributed by atoms with Gasteiger partial charge in [-0.3, -0.25) is 9.59 Å². The summed E-state index contributed by atoms with van der Waals surface area (Å²) in [7, 11) is 1.65. The van der Waals surface area contributed by atoms with E-state index in [1.165, 1.54) is 0 Å². The number of esters is 1. The lowest BCUT2D eigenvalue weighted by Crippen LogP contribution is -2.21. The predicted molar refractivity (Wildman–Crippen MR) is 131 cm³/mol. The Kier molecular flexibility index (Phi) is 6.03. The van der Waals surface area contributed by atoms with Crippen LogP contribution in [0.2, 0.25) is 0 Å². The SMILES string of the molecule is COc1ccc(CCOc2cccc(C3CC(=O)Oc4ccc5c(c43)OC(=C(C)C)C5=O)c2)cc1. The van der Waals surface area contributed by atoms with Crippen LogP contribution in [0.5, 0.6) is 23.0 Å². The van der Waals surface area contributed by atoms with Crippen LogP contribution in [0.3, 0.4) is 0 Å². The summed E-state index contributed by atoms with van der Waals surface area (Å²) in [6.45, 7) is 4.20. The number of methoxy groups -OCH3 is 1. The van der Waals surface area contributed by atoms with Gasteiger partial charge in [-0.2, -0.15) is 0 Å². The van der Waals surface area contributed by atoms with Gasteiger partial charge < -0.3 is 18.9 Å². The Balaban J connectivity index is 1.40. The average molecular weight is 471 g/mol.